The molecule has 0 aliphatic heterocycles. The topological polar surface area (TPSA) is 80.1 Å². The molecule has 0 radical (unpaired) electrons. The molecule has 0 spiro atoms. The van der Waals surface area contributed by atoms with Crippen LogP contribution >= 0.6 is 0 Å². The molecule has 0 bridgehead atoms. The molecule has 0 fully saturated rings. The first-order valence-corrected chi connectivity index (χ1v) is 9.21. The number of benzene rings is 2. The Hall–Kier alpha value is -3.42. The second kappa shape index (κ2) is 11.5. The first-order valence-electron chi connectivity index (χ1n) is 9.21. The summed E-state index contributed by atoms with van der Waals surface area (Å²) in [7, 11) is 9.46. The number of ether oxygens (including phenoxy) is 6. The predicted octanol–water partition coefficient (Wildman–Crippen LogP) is 3.28. The van der Waals surface area contributed by atoms with Crippen molar-refractivity contribution < 1.29 is 28.4 Å². The maximum Gasteiger partial charge on any atom is 0.203 e. The maximum atomic E-state index is 5.35. The van der Waals surface area contributed by atoms with Gasteiger partial charge in [-0.3, -0.25) is 9.98 Å². The smallest absolute Gasteiger partial charge is 0.203 e. The van der Waals surface area contributed by atoms with Crippen molar-refractivity contribution in [2.75, 3.05) is 55.7 Å². The van der Waals surface area contributed by atoms with Gasteiger partial charge in [-0.05, 0) is 35.4 Å². The molecule has 0 atom stereocenters. The Morgan fingerprint density at radius 3 is 1.07 bits per heavy atom. The molecule has 2 aromatic carbocycles. The van der Waals surface area contributed by atoms with Gasteiger partial charge in [0.05, 0.1) is 55.7 Å². The molecular weight excluding hydrogens is 388 g/mol. The van der Waals surface area contributed by atoms with Gasteiger partial charge < -0.3 is 28.4 Å². The molecule has 2 rings (SSSR count). The van der Waals surface area contributed by atoms with E-state index >= 15 is 0 Å². The highest BCUT2D eigenvalue weighted by Crippen LogP contribution is 2.38. The van der Waals surface area contributed by atoms with Crippen molar-refractivity contribution >= 4 is 12.4 Å². The van der Waals surface area contributed by atoms with Crippen molar-refractivity contribution in [3.63, 3.8) is 0 Å². The highest BCUT2D eigenvalue weighted by Gasteiger charge is 2.13. The zero-order valence-electron chi connectivity index (χ0n) is 18.2. The molecule has 0 N–H and O–H groups in total. The van der Waals surface area contributed by atoms with Crippen LogP contribution in [-0.4, -0.2) is 68.2 Å². The second-order valence-electron chi connectivity index (χ2n) is 5.99. The standard InChI is InChI=1S/C22H28N2O6/c1-25-17-9-15(10-18(26-2)21(17)29-5)13-23-7-8-24-14-16-11-19(27-3)22(30-6)20(12-16)28-4/h9-14H,7-8H2,1-6H3. The Labute approximate surface area is 177 Å². The minimum absolute atomic E-state index is 0.525. The van der Waals surface area contributed by atoms with E-state index < -0.39 is 0 Å². The Morgan fingerprint density at radius 1 is 0.533 bits per heavy atom. The van der Waals surface area contributed by atoms with Gasteiger partial charge in [0.2, 0.25) is 11.5 Å². The monoisotopic (exact) mass is 416 g/mol. The molecule has 0 saturated heterocycles. The van der Waals surface area contributed by atoms with Crippen molar-refractivity contribution in [3.8, 4) is 34.5 Å². The molecule has 0 aromatic heterocycles. The summed E-state index contributed by atoms with van der Waals surface area (Å²) in [5.41, 5.74) is 1.69. The summed E-state index contributed by atoms with van der Waals surface area (Å²) in [6.45, 7) is 1.05. The number of rotatable bonds is 11. The minimum Gasteiger partial charge on any atom is -0.493 e. The van der Waals surface area contributed by atoms with Crippen LogP contribution in [0.4, 0.5) is 0 Å². The first-order chi connectivity index (χ1) is 14.6. The third-order valence-electron chi connectivity index (χ3n) is 4.21. The average molecular weight is 416 g/mol. The van der Waals surface area contributed by atoms with Crippen molar-refractivity contribution in [3.05, 3.63) is 35.4 Å². The fourth-order valence-corrected chi connectivity index (χ4v) is 2.81. The number of hydrogen-bond acceptors (Lipinski definition) is 8. The molecule has 0 aliphatic carbocycles. The first kappa shape index (κ1) is 22.9. The molecule has 8 nitrogen and oxygen atoms in total. The highest BCUT2D eigenvalue weighted by molar-refractivity contribution is 5.83. The summed E-state index contributed by atoms with van der Waals surface area (Å²) >= 11 is 0. The molecular formula is C22H28N2O6. The summed E-state index contributed by atoms with van der Waals surface area (Å²) < 4.78 is 32.0. The molecule has 162 valence electrons. The van der Waals surface area contributed by atoms with Gasteiger partial charge in [-0.25, -0.2) is 0 Å². The van der Waals surface area contributed by atoms with E-state index in [9.17, 15) is 0 Å². The van der Waals surface area contributed by atoms with Gasteiger partial charge in [0.25, 0.3) is 0 Å². The lowest BCUT2D eigenvalue weighted by atomic mass is 10.2. The van der Waals surface area contributed by atoms with Gasteiger partial charge in [-0.15, -0.1) is 0 Å². The largest absolute Gasteiger partial charge is 0.493 e. The quantitative estimate of drug-likeness (QED) is 0.413. The number of aliphatic imine (C=N–C) groups is 2. The number of methoxy groups -OCH3 is 6. The lowest BCUT2D eigenvalue weighted by molar-refractivity contribution is 0.324. The molecule has 2 aromatic rings. The zero-order valence-corrected chi connectivity index (χ0v) is 18.2. The number of nitrogens with zero attached hydrogens (tertiary/aromatic N) is 2. The highest BCUT2D eigenvalue weighted by atomic mass is 16.5. The van der Waals surface area contributed by atoms with Crippen LogP contribution in [0.1, 0.15) is 11.1 Å². The van der Waals surface area contributed by atoms with E-state index in [0.717, 1.165) is 11.1 Å². The van der Waals surface area contributed by atoms with E-state index in [-0.39, 0.29) is 0 Å². The normalized spacial score (nSPS) is 11.0. The number of hydrogen-bond donors (Lipinski definition) is 0. The second-order valence-corrected chi connectivity index (χ2v) is 5.99. The van der Waals surface area contributed by atoms with Crippen molar-refractivity contribution in [2.45, 2.75) is 0 Å². The zero-order chi connectivity index (χ0) is 21.9. The van der Waals surface area contributed by atoms with E-state index in [0.29, 0.717) is 47.6 Å². The van der Waals surface area contributed by atoms with E-state index in [1.165, 1.54) is 0 Å². The average Bonchev–Trinajstić information content (AvgIpc) is 2.79. The van der Waals surface area contributed by atoms with Crippen LogP contribution in [0, 0.1) is 0 Å². The van der Waals surface area contributed by atoms with Crippen molar-refractivity contribution in [2.24, 2.45) is 9.98 Å². The molecule has 0 unspecified atom stereocenters. The molecule has 0 aliphatic rings. The van der Waals surface area contributed by atoms with Crippen LogP contribution in [0.15, 0.2) is 34.3 Å². The molecule has 0 saturated carbocycles. The van der Waals surface area contributed by atoms with Gasteiger partial charge in [-0.1, -0.05) is 0 Å². The van der Waals surface area contributed by atoms with E-state index in [2.05, 4.69) is 9.98 Å². The fraction of sp³-hybridized carbons (Fsp3) is 0.364. The third-order valence-corrected chi connectivity index (χ3v) is 4.21. The summed E-state index contributed by atoms with van der Waals surface area (Å²) in [5, 5.41) is 0. The van der Waals surface area contributed by atoms with Gasteiger partial charge in [0, 0.05) is 12.4 Å². The van der Waals surface area contributed by atoms with Gasteiger partial charge >= 0.3 is 0 Å². The Balaban J connectivity index is 2.03. The van der Waals surface area contributed by atoms with Crippen LogP contribution < -0.4 is 28.4 Å². The summed E-state index contributed by atoms with van der Waals surface area (Å²) in [5.74, 6) is 3.43. The Morgan fingerprint density at radius 2 is 0.833 bits per heavy atom. The molecule has 0 heterocycles. The van der Waals surface area contributed by atoms with Gasteiger partial charge in [0.15, 0.2) is 23.0 Å². The van der Waals surface area contributed by atoms with Crippen LogP contribution in [0.5, 0.6) is 34.5 Å². The van der Waals surface area contributed by atoms with Crippen LogP contribution in [-0.2, 0) is 0 Å². The summed E-state index contributed by atoms with van der Waals surface area (Å²) in [6, 6.07) is 7.35. The maximum absolute atomic E-state index is 5.35. The fourth-order valence-electron chi connectivity index (χ4n) is 2.81. The molecule has 30 heavy (non-hydrogen) atoms. The Kier molecular flexibility index (Phi) is 8.80. The molecule has 0 amide bonds. The molecule has 8 heteroatoms. The predicted molar refractivity (Wildman–Crippen MR) is 117 cm³/mol. The van der Waals surface area contributed by atoms with Crippen molar-refractivity contribution in [1.82, 2.24) is 0 Å². The van der Waals surface area contributed by atoms with E-state index in [4.69, 9.17) is 28.4 Å². The van der Waals surface area contributed by atoms with E-state index in [1.54, 1.807) is 55.1 Å². The van der Waals surface area contributed by atoms with Crippen molar-refractivity contribution in [1.29, 1.82) is 0 Å². The minimum atomic E-state index is 0.525. The SMILES string of the molecule is COc1cc(C=NCCN=Cc2cc(OC)c(OC)c(OC)c2)cc(OC)c1OC. The lowest BCUT2D eigenvalue weighted by Crippen LogP contribution is -1.98. The van der Waals surface area contributed by atoms with Crippen LogP contribution in [0.25, 0.3) is 0 Å². The summed E-state index contributed by atoms with van der Waals surface area (Å²) in [6.07, 6.45) is 3.50. The summed E-state index contributed by atoms with van der Waals surface area (Å²) in [4.78, 5) is 8.83. The Bertz CT molecular complexity index is 772. The third kappa shape index (κ3) is 5.56. The van der Waals surface area contributed by atoms with Crippen LogP contribution in [0.2, 0.25) is 0 Å². The van der Waals surface area contributed by atoms with E-state index in [1.807, 2.05) is 24.3 Å². The van der Waals surface area contributed by atoms with Gasteiger partial charge in [-0.2, -0.15) is 0 Å². The van der Waals surface area contributed by atoms with Gasteiger partial charge in [0.1, 0.15) is 0 Å². The lowest BCUT2D eigenvalue weighted by Gasteiger charge is -2.12. The van der Waals surface area contributed by atoms with Crippen LogP contribution in [0.3, 0.4) is 0 Å².